The standard InChI is InChI=1S/C28H35ClN2O3/c1-3-5-17-30(18-6-4-2)19-10-20-31-25(21-11-8-7-9-12-21)24(27(33)28(31)34)26(32)22-13-15-23(29)16-14-22/h7-9,11-16,25,32H,3-6,10,17-20H2,1-2H3/t25-/m1/s1. The largest absolute Gasteiger partial charge is 0.507 e. The van der Waals surface area contributed by atoms with Gasteiger partial charge in [-0.3, -0.25) is 9.59 Å². The first kappa shape index (κ1) is 26.0. The number of rotatable bonds is 12. The van der Waals surface area contributed by atoms with E-state index in [9.17, 15) is 14.7 Å². The van der Waals surface area contributed by atoms with Crippen molar-refractivity contribution >= 4 is 29.1 Å². The molecule has 5 nitrogen and oxygen atoms in total. The van der Waals surface area contributed by atoms with E-state index in [1.807, 2.05) is 30.3 Å². The minimum Gasteiger partial charge on any atom is -0.507 e. The van der Waals surface area contributed by atoms with Gasteiger partial charge in [0.05, 0.1) is 11.6 Å². The topological polar surface area (TPSA) is 60.9 Å². The smallest absolute Gasteiger partial charge is 0.295 e. The minimum atomic E-state index is -0.643. The van der Waals surface area contributed by atoms with Crippen molar-refractivity contribution in [1.29, 1.82) is 0 Å². The summed E-state index contributed by atoms with van der Waals surface area (Å²) in [5.41, 5.74) is 1.41. The Hall–Kier alpha value is -2.63. The molecule has 1 aliphatic rings. The van der Waals surface area contributed by atoms with Crippen LogP contribution in [0.1, 0.15) is 63.1 Å². The van der Waals surface area contributed by atoms with Gasteiger partial charge in [0.15, 0.2) is 0 Å². The maximum atomic E-state index is 13.1. The molecular weight excluding hydrogens is 448 g/mol. The molecule has 1 atom stereocenters. The highest BCUT2D eigenvalue weighted by molar-refractivity contribution is 6.46. The average Bonchev–Trinajstić information content (AvgIpc) is 3.11. The molecule has 6 heteroatoms. The zero-order chi connectivity index (χ0) is 24.5. The van der Waals surface area contributed by atoms with Crippen LogP contribution >= 0.6 is 11.6 Å². The summed E-state index contributed by atoms with van der Waals surface area (Å²) in [6, 6.07) is 15.5. The zero-order valence-corrected chi connectivity index (χ0v) is 20.9. The van der Waals surface area contributed by atoms with Crippen LogP contribution in [0, 0.1) is 0 Å². The first-order chi connectivity index (χ1) is 16.5. The lowest BCUT2D eigenvalue weighted by atomic mass is 9.95. The number of unbranched alkanes of at least 4 members (excludes halogenated alkanes) is 2. The fourth-order valence-electron chi connectivity index (χ4n) is 4.42. The molecule has 0 aliphatic carbocycles. The molecule has 34 heavy (non-hydrogen) atoms. The summed E-state index contributed by atoms with van der Waals surface area (Å²) in [6.07, 6.45) is 5.37. The van der Waals surface area contributed by atoms with Gasteiger partial charge in [0.1, 0.15) is 5.76 Å². The summed E-state index contributed by atoms with van der Waals surface area (Å²) in [4.78, 5) is 30.3. The molecule has 182 valence electrons. The molecule has 0 aromatic heterocycles. The number of benzene rings is 2. The normalized spacial score (nSPS) is 17.6. The summed E-state index contributed by atoms with van der Waals surface area (Å²) in [7, 11) is 0. The second kappa shape index (κ2) is 12.7. The number of hydrogen-bond acceptors (Lipinski definition) is 4. The van der Waals surface area contributed by atoms with Crippen molar-refractivity contribution in [2.75, 3.05) is 26.2 Å². The van der Waals surface area contributed by atoms with Gasteiger partial charge in [0.25, 0.3) is 11.7 Å². The molecule has 0 unspecified atom stereocenters. The van der Waals surface area contributed by atoms with E-state index in [4.69, 9.17) is 11.6 Å². The van der Waals surface area contributed by atoms with Crippen molar-refractivity contribution in [3.05, 3.63) is 76.3 Å². The van der Waals surface area contributed by atoms with Gasteiger partial charge in [0.2, 0.25) is 0 Å². The van der Waals surface area contributed by atoms with E-state index in [2.05, 4.69) is 18.7 Å². The van der Waals surface area contributed by atoms with E-state index >= 15 is 0 Å². The lowest BCUT2D eigenvalue weighted by molar-refractivity contribution is -0.140. The van der Waals surface area contributed by atoms with Crippen molar-refractivity contribution in [3.8, 4) is 0 Å². The Morgan fingerprint density at radius 3 is 2.09 bits per heavy atom. The second-order valence-electron chi connectivity index (χ2n) is 8.81. The van der Waals surface area contributed by atoms with Gasteiger partial charge in [0, 0.05) is 17.1 Å². The average molecular weight is 483 g/mol. The summed E-state index contributed by atoms with van der Waals surface area (Å²) in [6.45, 7) is 7.82. The Morgan fingerprint density at radius 1 is 0.912 bits per heavy atom. The van der Waals surface area contributed by atoms with Gasteiger partial charge < -0.3 is 14.9 Å². The third-order valence-electron chi connectivity index (χ3n) is 6.30. The third-order valence-corrected chi connectivity index (χ3v) is 6.55. The molecule has 0 spiro atoms. The number of carbonyl (C=O) groups excluding carboxylic acids is 2. The Labute approximate surface area is 208 Å². The van der Waals surface area contributed by atoms with Crippen LogP contribution in [0.4, 0.5) is 0 Å². The number of aliphatic hydroxyl groups excluding tert-OH is 1. The number of hydrogen-bond donors (Lipinski definition) is 1. The van der Waals surface area contributed by atoms with Crippen LogP contribution in [0.15, 0.2) is 60.2 Å². The van der Waals surface area contributed by atoms with E-state index in [1.54, 1.807) is 29.2 Å². The number of nitrogens with zero attached hydrogens (tertiary/aromatic N) is 2. The van der Waals surface area contributed by atoms with Crippen molar-refractivity contribution in [3.63, 3.8) is 0 Å². The molecular formula is C28H35ClN2O3. The highest BCUT2D eigenvalue weighted by Crippen LogP contribution is 2.39. The first-order valence-corrected chi connectivity index (χ1v) is 12.7. The monoisotopic (exact) mass is 482 g/mol. The molecule has 1 N–H and O–H groups in total. The molecule has 0 radical (unpaired) electrons. The number of aliphatic hydroxyl groups is 1. The van der Waals surface area contributed by atoms with Gasteiger partial charge in [-0.25, -0.2) is 0 Å². The second-order valence-corrected chi connectivity index (χ2v) is 9.25. The summed E-state index contributed by atoms with van der Waals surface area (Å²) >= 11 is 5.99. The predicted molar refractivity (Wildman–Crippen MR) is 138 cm³/mol. The number of Topliss-reactive ketones (excluding diaryl/α,β-unsaturated/α-hetero) is 1. The number of amides is 1. The zero-order valence-electron chi connectivity index (χ0n) is 20.2. The van der Waals surface area contributed by atoms with E-state index in [-0.39, 0.29) is 11.3 Å². The Kier molecular flexibility index (Phi) is 9.73. The quantitative estimate of drug-likeness (QED) is 0.227. The molecule has 1 fully saturated rings. The van der Waals surface area contributed by atoms with E-state index < -0.39 is 17.7 Å². The number of carbonyl (C=O) groups is 2. The van der Waals surface area contributed by atoms with Crippen LogP contribution < -0.4 is 0 Å². The molecule has 1 aliphatic heterocycles. The van der Waals surface area contributed by atoms with Crippen molar-refractivity contribution in [2.24, 2.45) is 0 Å². The van der Waals surface area contributed by atoms with Crippen LogP contribution in [-0.2, 0) is 9.59 Å². The van der Waals surface area contributed by atoms with Crippen LogP contribution in [0.25, 0.3) is 5.76 Å². The Morgan fingerprint density at radius 2 is 1.50 bits per heavy atom. The molecule has 1 amide bonds. The minimum absolute atomic E-state index is 0.132. The number of likely N-dealkylation sites (tertiary alicyclic amines) is 1. The lowest BCUT2D eigenvalue weighted by Crippen LogP contribution is -2.34. The van der Waals surface area contributed by atoms with Gasteiger partial charge in [-0.1, -0.05) is 68.6 Å². The summed E-state index contributed by atoms with van der Waals surface area (Å²) < 4.78 is 0. The Bertz CT molecular complexity index is 980. The third kappa shape index (κ3) is 6.28. The maximum Gasteiger partial charge on any atom is 0.295 e. The highest BCUT2D eigenvalue weighted by atomic mass is 35.5. The van der Waals surface area contributed by atoms with E-state index in [0.29, 0.717) is 17.1 Å². The van der Waals surface area contributed by atoms with Crippen LogP contribution in [0.2, 0.25) is 5.02 Å². The highest BCUT2D eigenvalue weighted by Gasteiger charge is 2.45. The SMILES string of the molecule is CCCCN(CCCC)CCCN1C(=O)C(=O)C(=C(O)c2ccc(Cl)cc2)[C@H]1c1ccccc1. The van der Waals surface area contributed by atoms with Gasteiger partial charge in [-0.05, 0) is 68.7 Å². The van der Waals surface area contributed by atoms with Crippen molar-refractivity contribution in [1.82, 2.24) is 9.80 Å². The number of halogens is 1. The van der Waals surface area contributed by atoms with E-state index in [1.165, 1.54) is 0 Å². The molecule has 1 saturated heterocycles. The molecule has 2 aromatic carbocycles. The molecule has 0 saturated carbocycles. The number of ketones is 1. The van der Waals surface area contributed by atoms with Crippen LogP contribution in [-0.4, -0.2) is 52.8 Å². The Balaban J connectivity index is 1.87. The summed E-state index contributed by atoms with van der Waals surface area (Å²) in [5, 5.41) is 11.6. The van der Waals surface area contributed by atoms with Crippen LogP contribution in [0.5, 0.6) is 0 Å². The van der Waals surface area contributed by atoms with Crippen molar-refractivity contribution < 1.29 is 14.7 Å². The predicted octanol–water partition coefficient (Wildman–Crippen LogP) is 6.05. The maximum absolute atomic E-state index is 13.1. The molecule has 3 rings (SSSR count). The van der Waals surface area contributed by atoms with Gasteiger partial charge in [-0.2, -0.15) is 0 Å². The molecule has 0 bridgehead atoms. The summed E-state index contributed by atoms with van der Waals surface area (Å²) in [5.74, 6) is -1.37. The van der Waals surface area contributed by atoms with E-state index in [0.717, 1.165) is 57.3 Å². The fraction of sp³-hybridized carbons (Fsp3) is 0.429. The van der Waals surface area contributed by atoms with Crippen LogP contribution in [0.3, 0.4) is 0 Å². The fourth-order valence-corrected chi connectivity index (χ4v) is 4.55. The first-order valence-electron chi connectivity index (χ1n) is 12.3. The van der Waals surface area contributed by atoms with Crippen molar-refractivity contribution in [2.45, 2.75) is 52.0 Å². The molecule has 2 aromatic rings. The molecule has 1 heterocycles. The lowest BCUT2D eigenvalue weighted by Gasteiger charge is -2.27. The van der Waals surface area contributed by atoms with Gasteiger partial charge >= 0.3 is 0 Å². The van der Waals surface area contributed by atoms with Gasteiger partial charge in [-0.15, -0.1) is 0 Å².